The molecule has 1 amide bonds. The highest BCUT2D eigenvalue weighted by atomic mass is 19.4. The van der Waals surface area contributed by atoms with Gasteiger partial charge in [-0.1, -0.05) is 0 Å². The summed E-state index contributed by atoms with van der Waals surface area (Å²) >= 11 is 0. The summed E-state index contributed by atoms with van der Waals surface area (Å²) in [6.07, 6.45) is -4.10. The number of alkyl halides is 4. The van der Waals surface area contributed by atoms with Gasteiger partial charge >= 0.3 is 12.5 Å². The van der Waals surface area contributed by atoms with Crippen LogP contribution >= 0.6 is 0 Å². The number of halogens is 4. The molecule has 2 bridgehead atoms. The second-order valence-electron chi connectivity index (χ2n) is 9.63. The number of hydrogen-bond donors (Lipinski definition) is 3. The topological polar surface area (TPSA) is 151 Å². The van der Waals surface area contributed by atoms with E-state index in [1.54, 1.807) is 0 Å². The third kappa shape index (κ3) is 4.47. The molecule has 1 saturated heterocycles. The molecule has 4 fully saturated rings. The number of rotatable bonds is 7. The van der Waals surface area contributed by atoms with E-state index >= 15 is 4.39 Å². The lowest BCUT2D eigenvalue weighted by molar-refractivity contribution is -0.330. The zero-order valence-corrected chi connectivity index (χ0v) is 19.5. The third-order valence-corrected chi connectivity index (χ3v) is 6.94. The fourth-order valence-corrected chi connectivity index (χ4v) is 5.04. The molecule has 3 aromatic rings. The largest absolute Gasteiger partial charge is 0.522 e. The molecule has 1 aliphatic heterocycles. The quantitative estimate of drug-likeness (QED) is 0.387. The first-order chi connectivity index (χ1) is 18.1. The number of nitrogens with one attached hydrogen (secondary N) is 3. The maximum Gasteiger partial charge on any atom is 0.522 e. The van der Waals surface area contributed by atoms with E-state index in [1.165, 1.54) is 22.9 Å². The van der Waals surface area contributed by atoms with Crippen LogP contribution in [0.5, 0.6) is 0 Å². The minimum atomic E-state index is -4.85. The van der Waals surface area contributed by atoms with E-state index in [0.717, 1.165) is 19.3 Å². The van der Waals surface area contributed by atoms with Crippen LogP contribution in [0.25, 0.3) is 5.65 Å². The van der Waals surface area contributed by atoms with E-state index in [0.29, 0.717) is 5.92 Å². The highest BCUT2D eigenvalue weighted by Crippen LogP contribution is 2.57. The van der Waals surface area contributed by atoms with Gasteiger partial charge in [0.25, 0.3) is 0 Å². The lowest BCUT2D eigenvalue weighted by atomic mass is 9.50. The third-order valence-electron chi connectivity index (χ3n) is 6.94. The van der Waals surface area contributed by atoms with E-state index in [9.17, 15) is 23.2 Å². The Bertz CT molecular complexity index is 1420. The number of aromatic nitrogens is 5. The summed E-state index contributed by atoms with van der Waals surface area (Å²) in [6.45, 7) is -0.992. The minimum Gasteiger partial charge on any atom is -0.441 e. The second kappa shape index (κ2) is 8.81. The number of ether oxygens (including phenoxy) is 3. The lowest BCUT2D eigenvalue weighted by Crippen LogP contribution is -2.68. The Hall–Kier alpha value is -3.97. The summed E-state index contributed by atoms with van der Waals surface area (Å²) in [5.41, 5.74) is 0.0757. The second-order valence-corrected chi connectivity index (χ2v) is 9.63. The molecule has 4 aliphatic rings. The molecular weight excluding hydrogens is 516 g/mol. The van der Waals surface area contributed by atoms with E-state index < -0.39 is 37.4 Å². The molecule has 16 heteroatoms. The molecule has 7 rings (SSSR count). The number of H-pyrrole nitrogens is 1. The highest BCUT2D eigenvalue weighted by Gasteiger charge is 2.58. The van der Waals surface area contributed by atoms with E-state index in [2.05, 4.69) is 35.5 Å². The number of alkyl carbamates (subject to hydrolysis) is 1. The van der Waals surface area contributed by atoms with Crippen molar-refractivity contribution in [2.45, 2.75) is 56.2 Å². The lowest BCUT2D eigenvalue weighted by Gasteiger charge is -2.61. The summed E-state index contributed by atoms with van der Waals surface area (Å²) in [4.78, 5) is 20.3. The van der Waals surface area contributed by atoms with Crippen molar-refractivity contribution in [3.63, 3.8) is 0 Å². The van der Waals surface area contributed by atoms with Crippen LogP contribution in [0, 0.1) is 17.2 Å². The van der Waals surface area contributed by atoms with Crippen LogP contribution in [-0.2, 0) is 20.8 Å². The van der Waals surface area contributed by atoms with Gasteiger partial charge in [0.05, 0.1) is 30.8 Å². The van der Waals surface area contributed by atoms with Gasteiger partial charge in [-0.3, -0.25) is 14.2 Å². The zero-order valence-electron chi connectivity index (χ0n) is 19.5. The van der Waals surface area contributed by atoms with Crippen molar-refractivity contribution < 1.29 is 36.6 Å². The standard InChI is InChI=1S/C22H20F4N8O4/c23-16-14(38-20(35)31-21-2-10(3-21)4-21)9-36-17(16)13-1-15(33-32-13)30-19-28-6-11(5-27)18-29-12(7-34(18)19)8-37-22(24,25)26/h1,6-7,10,14,16-17H,2-4,8-9H2,(H,31,35)(H2,28,30,32,33)/t10?,14-,16-,17-,21?/m1/s1. The van der Waals surface area contributed by atoms with Gasteiger partial charge in [0.15, 0.2) is 23.7 Å². The molecule has 0 spiro atoms. The number of nitrogens with zero attached hydrogens (tertiary/aromatic N) is 5. The molecule has 3 aromatic heterocycles. The molecule has 12 nitrogen and oxygen atoms in total. The van der Waals surface area contributed by atoms with Crippen molar-refractivity contribution in [1.82, 2.24) is 29.9 Å². The molecule has 4 heterocycles. The number of carbonyl (C=O) groups is 1. The van der Waals surface area contributed by atoms with Crippen LogP contribution in [0.4, 0.5) is 34.1 Å². The average Bonchev–Trinajstić information content (AvgIpc) is 3.53. The summed E-state index contributed by atoms with van der Waals surface area (Å²) in [5.74, 6) is 0.932. The highest BCUT2D eigenvalue weighted by molar-refractivity contribution is 5.69. The summed E-state index contributed by atoms with van der Waals surface area (Å²) in [5, 5.41) is 21.7. The number of amides is 1. The van der Waals surface area contributed by atoms with Crippen molar-refractivity contribution in [2.24, 2.45) is 5.92 Å². The normalized spacial score (nSPS) is 27.9. The number of fused-ring (bicyclic) bond motifs is 1. The van der Waals surface area contributed by atoms with Crippen molar-refractivity contribution in [1.29, 1.82) is 5.26 Å². The maximum absolute atomic E-state index is 15.1. The van der Waals surface area contributed by atoms with Gasteiger partial charge in [0.2, 0.25) is 5.95 Å². The van der Waals surface area contributed by atoms with Gasteiger partial charge in [0, 0.05) is 17.8 Å². The van der Waals surface area contributed by atoms with Gasteiger partial charge in [-0.15, -0.1) is 13.2 Å². The van der Waals surface area contributed by atoms with Crippen LogP contribution < -0.4 is 10.6 Å². The monoisotopic (exact) mass is 536 g/mol. The molecule has 3 saturated carbocycles. The number of nitriles is 1. The molecule has 200 valence electrons. The molecule has 38 heavy (non-hydrogen) atoms. The van der Waals surface area contributed by atoms with E-state index in [4.69, 9.17) is 9.47 Å². The first-order valence-electron chi connectivity index (χ1n) is 11.7. The van der Waals surface area contributed by atoms with Crippen LogP contribution in [-0.4, -0.2) is 61.4 Å². The van der Waals surface area contributed by atoms with Gasteiger partial charge in [-0.25, -0.2) is 19.2 Å². The fourth-order valence-electron chi connectivity index (χ4n) is 5.04. The molecular formula is C22H20F4N8O4. The summed E-state index contributed by atoms with van der Waals surface area (Å²) < 4.78 is 68.2. The zero-order chi connectivity index (χ0) is 26.7. The number of hydrogen-bond acceptors (Lipinski definition) is 9. The number of imidazole rings is 1. The molecule has 0 unspecified atom stereocenters. The van der Waals surface area contributed by atoms with Crippen molar-refractivity contribution >= 4 is 23.5 Å². The van der Waals surface area contributed by atoms with Gasteiger partial charge in [-0.2, -0.15) is 10.4 Å². The number of carbonyl (C=O) groups excluding carboxylic acids is 1. The van der Waals surface area contributed by atoms with Crippen LogP contribution in [0.15, 0.2) is 18.5 Å². The maximum atomic E-state index is 15.1. The Labute approximate surface area is 211 Å². The first kappa shape index (κ1) is 24.4. The summed E-state index contributed by atoms with van der Waals surface area (Å²) in [6, 6.07) is 3.33. The van der Waals surface area contributed by atoms with E-state index in [-0.39, 0.29) is 46.5 Å². The Kier molecular flexibility index (Phi) is 5.65. The minimum absolute atomic E-state index is 0.0280. The number of aromatic amines is 1. The van der Waals surface area contributed by atoms with Crippen molar-refractivity contribution in [3.8, 4) is 6.07 Å². The van der Waals surface area contributed by atoms with Crippen LogP contribution in [0.2, 0.25) is 0 Å². The molecule has 0 aromatic carbocycles. The van der Waals surface area contributed by atoms with Crippen LogP contribution in [0.1, 0.15) is 42.3 Å². The molecule has 0 radical (unpaired) electrons. The Morgan fingerprint density at radius 3 is 2.84 bits per heavy atom. The van der Waals surface area contributed by atoms with Gasteiger partial charge in [-0.05, 0) is 25.2 Å². The molecule has 3 aliphatic carbocycles. The average molecular weight is 536 g/mol. The Morgan fingerprint density at radius 2 is 2.16 bits per heavy atom. The first-order valence-corrected chi connectivity index (χ1v) is 11.7. The Balaban J connectivity index is 1.13. The Morgan fingerprint density at radius 1 is 1.37 bits per heavy atom. The van der Waals surface area contributed by atoms with Crippen LogP contribution in [0.3, 0.4) is 0 Å². The predicted octanol–water partition coefficient (Wildman–Crippen LogP) is 3.16. The molecule has 3 atom stereocenters. The predicted molar refractivity (Wildman–Crippen MR) is 117 cm³/mol. The van der Waals surface area contributed by atoms with E-state index in [1.807, 2.05) is 6.07 Å². The summed E-state index contributed by atoms with van der Waals surface area (Å²) in [7, 11) is 0. The van der Waals surface area contributed by atoms with Crippen molar-refractivity contribution in [2.75, 3.05) is 11.9 Å². The molecule has 3 N–H and O–H groups in total. The van der Waals surface area contributed by atoms with Crippen molar-refractivity contribution in [3.05, 3.63) is 35.4 Å². The van der Waals surface area contributed by atoms with Gasteiger partial charge < -0.3 is 20.1 Å². The number of anilines is 2. The smallest absolute Gasteiger partial charge is 0.441 e. The SMILES string of the molecule is N#Cc1cnc(Nc2cc([C@H]3OC[C@@H](OC(=O)NC45CC(C4)C5)[C@H]3F)[nH]n2)n2cc(COC(F)(F)F)nc12. The fraction of sp³-hybridized carbons (Fsp3) is 0.500. The van der Waals surface area contributed by atoms with Gasteiger partial charge in [0.1, 0.15) is 17.7 Å².